The van der Waals surface area contributed by atoms with E-state index in [4.69, 9.17) is 0 Å². The number of aryl methyl sites for hydroxylation is 1. The first-order chi connectivity index (χ1) is 20.2. The summed E-state index contributed by atoms with van der Waals surface area (Å²) >= 11 is 2.96. The third kappa shape index (κ3) is 7.39. The summed E-state index contributed by atoms with van der Waals surface area (Å²) in [5, 5.41) is 3.24. The quantitative estimate of drug-likeness (QED) is 0.178. The van der Waals surface area contributed by atoms with E-state index in [0.717, 1.165) is 22.3 Å². The highest BCUT2D eigenvalue weighted by atomic mass is 32.2. The Balaban J connectivity index is 1.19. The van der Waals surface area contributed by atoms with Crippen LogP contribution in [0.3, 0.4) is 0 Å². The predicted molar refractivity (Wildman–Crippen MR) is 171 cm³/mol. The monoisotopic (exact) mass is 613 g/mol. The number of sulfonamides is 1. The Morgan fingerprint density at radius 1 is 0.905 bits per heavy atom. The molecule has 0 bridgehead atoms. The predicted octanol–water partition coefficient (Wildman–Crippen LogP) is 6.32. The SMILES string of the molecule is CSc1ccc(-c2ccc(C=C3SC(=Nc4ccc(CC(=O)NS(=O)(=O)c5ccc(C)cc5)cc4)NC3=O)cc2)cc1. The topological polar surface area (TPSA) is 105 Å². The number of amidine groups is 1. The second-order valence-electron chi connectivity index (χ2n) is 9.52. The van der Waals surface area contributed by atoms with Crippen molar-refractivity contribution in [1.82, 2.24) is 10.0 Å². The molecule has 1 aliphatic rings. The number of rotatable bonds is 8. The van der Waals surface area contributed by atoms with E-state index in [2.05, 4.69) is 45.6 Å². The van der Waals surface area contributed by atoms with Crippen molar-refractivity contribution in [3.8, 4) is 11.1 Å². The molecule has 2 amide bonds. The van der Waals surface area contributed by atoms with Crippen LogP contribution in [0.2, 0.25) is 0 Å². The minimum Gasteiger partial charge on any atom is -0.300 e. The molecule has 1 aliphatic heterocycles. The van der Waals surface area contributed by atoms with Gasteiger partial charge in [-0.25, -0.2) is 18.1 Å². The molecule has 0 unspecified atom stereocenters. The molecule has 0 aliphatic carbocycles. The maximum absolute atomic E-state index is 12.6. The van der Waals surface area contributed by atoms with Gasteiger partial charge in [-0.05, 0) is 89.7 Å². The molecular formula is C32H27N3O4S3. The first-order valence-electron chi connectivity index (χ1n) is 12.9. The summed E-state index contributed by atoms with van der Waals surface area (Å²) in [5.41, 5.74) is 5.28. The van der Waals surface area contributed by atoms with Crippen LogP contribution in [0.25, 0.3) is 17.2 Å². The van der Waals surface area contributed by atoms with Gasteiger partial charge in [-0.15, -0.1) is 11.8 Å². The summed E-state index contributed by atoms with van der Waals surface area (Å²) in [7, 11) is -3.94. The molecule has 212 valence electrons. The lowest BCUT2D eigenvalue weighted by Gasteiger charge is -2.07. The number of hydrogen-bond donors (Lipinski definition) is 2. The van der Waals surface area contributed by atoms with Crippen molar-refractivity contribution in [2.45, 2.75) is 23.1 Å². The molecule has 1 saturated heterocycles. The van der Waals surface area contributed by atoms with Crippen LogP contribution < -0.4 is 10.0 Å². The van der Waals surface area contributed by atoms with Crippen LogP contribution in [0.1, 0.15) is 16.7 Å². The number of aliphatic imine (C=N–C) groups is 1. The number of thioether (sulfide) groups is 2. The standard InChI is InChI=1S/C32H27N3O4S3/c1-21-3-17-28(18-4-21)42(38,39)35-30(36)20-23-7-13-26(14-8-23)33-32-34-31(37)29(41-32)19-22-5-9-24(10-6-22)25-11-15-27(40-2)16-12-25/h3-19H,20H2,1-2H3,(H,35,36)(H,33,34,37). The van der Waals surface area contributed by atoms with Gasteiger partial charge in [0.25, 0.3) is 15.9 Å². The van der Waals surface area contributed by atoms with Crippen molar-refractivity contribution in [1.29, 1.82) is 0 Å². The third-order valence-electron chi connectivity index (χ3n) is 6.39. The second-order valence-corrected chi connectivity index (χ2v) is 13.1. The van der Waals surface area contributed by atoms with Gasteiger partial charge in [0.1, 0.15) is 0 Å². The van der Waals surface area contributed by atoms with Gasteiger partial charge in [-0.1, -0.05) is 66.2 Å². The molecule has 5 rings (SSSR count). The Labute approximate surface area is 253 Å². The number of nitrogens with one attached hydrogen (secondary N) is 2. The molecule has 1 fully saturated rings. The van der Waals surface area contributed by atoms with Crippen LogP contribution in [-0.2, 0) is 26.0 Å². The molecule has 10 heteroatoms. The number of carbonyl (C=O) groups excluding carboxylic acids is 2. The fraction of sp³-hybridized carbons (Fsp3) is 0.0938. The Hall–Kier alpha value is -4.12. The maximum atomic E-state index is 12.6. The van der Waals surface area contributed by atoms with Gasteiger partial charge in [-0.2, -0.15) is 0 Å². The second kappa shape index (κ2) is 12.8. The molecule has 0 spiro atoms. The zero-order valence-electron chi connectivity index (χ0n) is 22.8. The zero-order chi connectivity index (χ0) is 29.7. The molecule has 42 heavy (non-hydrogen) atoms. The number of amides is 2. The minimum atomic E-state index is -3.94. The highest BCUT2D eigenvalue weighted by Gasteiger charge is 2.24. The molecule has 4 aromatic carbocycles. The largest absolute Gasteiger partial charge is 0.300 e. The van der Waals surface area contributed by atoms with E-state index in [0.29, 0.717) is 21.3 Å². The first-order valence-corrected chi connectivity index (χ1v) is 16.5. The van der Waals surface area contributed by atoms with Gasteiger partial charge in [0, 0.05) is 4.90 Å². The van der Waals surface area contributed by atoms with Crippen molar-refractivity contribution in [3.63, 3.8) is 0 Å². The molecule has 1 heterocycles. The van der Waals surface area contributed by atoms with E-state index in [9.17, 15) is 18.0 Å². The summed E-state index contributed by atoms with van der Waals surface area (Å²) < 4.78 is 27.0. The Morgan fingerprint density at radius 3 is 2.14 bits per heavy atom. The summed E-state index contributed by atoms with van der Waals surface area (Å²) in [6, 6.07) is 29.5. The average molecular weight is 614 g/mol. The third-order valence-corrected chi connectivity index (χ3v) is 9.44. The van der Waals surface area contributed by atoms with Crippen molar-refractivity contribution in [2.24, 2.45) is 4.99 Å². The maximum Gasteiger partial charge on any atom is 0.264 e. The molecule has 4 aromatic rings. The van der Waals surface area contributed by atoms with E-state index in [1.165, 1.54) is 28.8 Å². The fourth-order valence-corrected chi connectivity index (χ4v) is 6.37. The molecule has 0 saturated carbocycles. The van der Waals surface area contributed by atoms with Gasteiger partial charge in [0.05, 0.1) is 21.9 Å². The number of benzene rings is 4. The highest BCUT2D eigenvalue weighted by Crippen LogP contribution is 2.29. The van der Waals surface area contributed by atoms with E-state index in [-0.39, 0.29) is 17.2 Å². The van der Waals surface area contributed by atoms with Crippen molar-refractivity contribution in [2.75, 3.05) is 6.26 Å². The lowest BCUT2D eigenvalue weighted by molar-refractivity contribution is -0.118. The molecular weight excluding hydrogens is 587 g/mol. The lowest BCUT2D eigenvalue weighted by atomic mass is 10.0. The summed E-state index contributed by atoms with van der Waals surface area (Å²) in [4.78, 5) is 31.2. The molecule has 7 nitrogen and oxygen atoms in total. The lowest BCUT2D eigenvalue weighted by Crippen LogP contribution is -2.31. The zero-order valence-corrected chi connectivity index (χ0v) is 25.3. The van der Waals surface area contributed by atoms with Crippen molar-refractivity contribution in [3.05, 3.63) is 119 Å². The van der Waals surface area contributed by atoms with Crippen molar-refractivity contribution < 1.29 is 18.0 Å². The van der Waals surface area contributed by atoms with Crippen LogP contribution in [0.15, 0.2) is 117 Å². The molecule has 0 aromatic heterocycles. The Bertz CT molecular complexity index is 1780. The van der Waals surface area contributed by atoms with E-state index >= 15 is 0 Å². The van der Waals surface area contributed by atoms with Crippen molar-refractivity contribution >= 4 is 62.3 Å². The Kier molecular flexibility index (Phi) is 8.96. The summed E-state index contributed by atoms with van der Waals surface area (Å²) in [5.74, 6) is -0.858. The van der Waals surface area contributed by atoms with Gasteiger partial charge >= 0.3 is 0 Å². The van der Waals surface area contributed by atoms with E-state index < -0.39 is 15.9 Å². The van der Waals surface area contributed by atoms with E-state index in [1.54, 1.807) is 48.2 Å². The number of hydrogen-bond acceptors (Lipinski definition) is 7. The minimum absolute atomic E-state index is 0.0335. The number of nitrogens with zero attached hydrogens (tertiary/aromatic N) is 1. The first kappa shape index (κ1) is 29.4. The van der Waals surface area contributed by atoms with Crippen LogP contribution in [0.4, 0.5) is 5.69 Å². The summed E-state index contributed by atoms with van der Waals surface area (Å²) in [6.45, 7) is 1.85. The normalized spacial score (nSPS) is 15.1. The van der Waals surface area contributed by atoms with Crippen LogP contribution in [0.5, 0.6) is 0 Å². The average Bonchev–Trinajstić information content (AvgIpc) is 3.32. The van der Waals surface area contributed by atoms with Gasteiger partial charge in [0.2, 0.25) is 5.91 Å². The van der Waals surface area contributed by atoms with Gasteiger partial charge < -0.3 is 5.32 Å². The molecule has 0 atom stereocenters. The fourth-order valence-electron chi connectivity index (χ4n) is 4.14. The summed E-state index contributed by atoms with van der Waals surface area (Å²) in [6.07, 6.45) is 3.77. The highest BCUT2D eigenvalue weighted by molar-refractivity contribution is 8.18. The van der Waals surface area contributed by atoms with Crippen LogP contribution in [-0.4, -0.2) is 31.7 Å². The number of carbonyl (C=O) groups is 2. The smallest absolute Gasteiger partial charge is 0.264 e. The van der Waals surface area contributed by atoms with Crippen LogP contribution >= 0.6 is 23.5 Å². The Morgan fingerprint density at radius 2 is 1.52 bits per heavy atom. The van der Waals surface area contributed by atoms with Gasteiger partial charge in [0.15, 0.2) is 5.17 Å². The molecule has 2 N–H and O–H groups in total. The van der Waals surface area contributed by atoms with Crippen LogP contribution in [0, 0.1) is 6.92 Å². The molecule has 0 radical (unpaired) electrons. The van der Waals surface area contributed by atoms with E-state index in [1.807, 2.05) is 37.3 Å². The van der Waals surface area contributed by atoms with Gasteiger partial charge in [-0.3, -0.25) is 9.59 Å².